The van der Waals surface area contributed by atoms with Crippen LogP contribution >= 0.6 is 0 Å². The zero-order valence-corrected chi connectivity index (χ0v) is 12.4. The van der Waals surface area contributed by atoms with Crippen molar-refractivity contribution in [1.82, 2.24) is 9.78 Å². The first-order chi connectivity index (χ1) is 10.1. The predicted octanol–water partition coefficient (Wildman–Crippen LogP) is 2.49. The van der Waals surface area contributed by atoms with Crippen LogP contribution in [0.3, 0.4) is 0 Å². The largest absolute Gasteiger partial charge is 0.497 e. The number of amides is 1. The summed E-state index contributed by atoms with van der Waals surface area (Å²) in [6.07, 6.45) is 1.65. The van der Waals surface area contributed by atoms with Gasteiger partial charge in [-0.3, -0.25) is 4.79 Å². The molecule has 0 atom stereocenters. The van der Waals surface area contributed by atoms with Crippen molar-refractivity contribution < 1.29 is 14.3 Å². The SMILES string of the molecule is COc1ccc(OCC(=O)Nc2ccnn2C(C)C)cc1. The van der Waals surface area contributed by atoms with Gasteiger partial charge in [-0.15, -0.1) is 0 Å². The van der Waals surface area contributed by atoms with Crippen LogP contribution in [0.4, 0.5) is 5.82 Å². The number of carbonyl (C=O) groups excluding carboxylic acids is 1. The Kier molecular flexibility index (Phi) is 4.81. The fourth-order valence-corrected chi connectivity index (χ4v) is 1.82. The van der Waals surface area contributed by atoms with E-state index < -0.39 is 0 Å². The van der Waals surface area contributed by atoms with E-state index in [1.807, 2.05) is 13.8 Å². The number of ether oxygens (including phenoxy) is 2. The van der Waals surface area contributed by atoms with Crippen molar-refractivity contribution in [3.05, 3.63) is 36.5 Å². The summed E-state index contributed by atoms with van der Waals surface area (Å²) in [6, 6.07) is 9.00. The van der Waals surface area contributed by atoms with Gasteiger partial charge in [0.25, 0.3) is 5.91 Å². The third kappa shape index (κ3) is 3.98. The number of nitrogens with zero attached hydrogens (tertiary/aromatic N) is 2. The Bertz CT molecular complexity index is 590. The summed E-state index contributed by atoms with van der Waals surface area (Å²) >= 11 is 0. The number of hydrogen-bond acceptors (Lipinski definition) is 4. The van der Waals surface area contributed by atoms with Crippen molar-refractivity contribution in [2.75, 3.05) is 19.0 Å². The zero-order valence-electron chi connectivity index (χ0n) is 12.4. The number of carbonyl (C=O) groups is 1. The van der Waals surface area contributed by atoms with E-state index in [4.69, 9.17) is 9.47 Å². The molecule has 2 rings (SSSR count). The van der Waals surface area contributed by atoms with Gasteiger partial charge in [-0.2, -0.15) is 5.10 Å². The van der Waals surface area contributed by atoms with Crippen LogP contribution < -0.4 is 14.8 Å². The van der Waals surface area contributed by atoms with Crippen molar-refractivity contribution in [1.29, 1.82) is 0 Å². The van der Waals surface area contributed by atoms with Gasteiger partial charge in [-0.25, -0.2) is 4.68 Å². The van der Waals surface area contributed by atoms with Crippen LogP contribution in [-0.4, -0.2) is 29.4 Å². The fourth-order valence-electron chi connectivity index (χ4n) is 1.82. The van der Waals surface area contributed by atoms with Gasteiger partial charge in [0.1, 0.15) is 17.3 Å². The zero-order chi connectivity index (χ0) is 15.2. The molecule has 0 radical (unpaired) electrons. The molecule has 1 heterocycles. The van der Waals surface area contributed by atoms with Gasteiger partial charge in [0.15, 0.2) is 6.61 Å². The van der Waals surface area contributed by atoms with Crippen molar-refractivity contribution in [2.24, 2.45) is 0 Å². The highest BCUT2D eigenvalue weighted by Gasteiger charge is 2.10. The van der Waals surface area contributed by atoms with E-state index >= 15 is 0 Å². The molecular formula is C15H19N3O3. The van der Waals surface area contributed by atoms with E-state index in [9.17, 15) is 4.79 Å². The molecule has 1 N–H and O–H groups in total. The smallest absolute Gasteiger partial charge is 0.263 e. The standard InChI is InChI=1S/C15H19N3O3/c1-11(2)18-14(8-9-16-18)17-15(19)10-21-13-6-4-12(20-3)5-7-13/h4-9,11H,10H2,1-3H3,(H,17,19). The molecule has 2 aromatic rings. The Hall–Kier alpha value is -2.50. The Balaban J connectivity index is 1.88. The third-order valence-electron chi connectivity index (χ3n) is 2.86. The second kappa shape index (κ2) is 6.78. The molecule has 1 aromatic carbocycles. The molecule has 0 bridgehead atoms. The van der Waals surface area contributed by atoms with Crippen LogP contribution in [0.15, 0.2) is 36.5 Å². The Morgan fingerprint density at radius 2 is 1.90 bits per heavy atom. The van der Waals surface area contributed by atoms with Crippen molar-refractivity contribution in [3.8, 4) is 11.5 Å². The molecule has 0 aliphatic carbocycles. The topological polar surface area (TPSA) is 65.4 Å². The lowest BCUT2D eigenvalue weighted by molar-refractivity contribution is -0.118. The highest BCUT2D eigenvalue weighted by Crippen LogP contribution is 2.17. The maximum Gasteiger partial charge on any atom is 0.263 e. The van der Waals surface area contributed by atoms with Crippen molar-refractivity contribution >= 4 is 11.7 Å². The van der Waals surface area contributed by atoms with Crippen LogP contribution in [0.2, 0.25) is 0 Å². The summed E-state index contributed by atoms with van der Waals surface area (Å²) in [5, 5.41) is 6.93. The van der Waals surface area contributed by atoms with Gasteiger partial charge in [-0.1, -0.05) is 0 Å². The highest BCUT2D eigenvalue weighted by atomic mass is 16.5. The monoisotopic (exact) mass is 289 g/mol. The molecular weight excluding hydrogens is 270 g/mol. The Morgan fingerprint density at radius 3 is 2.52 bits per heavy atom. The molecule has 1 aromatic heterocycles. The lowest BCUT2D eigenvalue weighted by Gasteiger charge is -2.12. The second-order valence-electron chi connectivity index (χ2n) is 4.77. The third-order valence-corrected chi connectivity index (χ3v) is 2.86. The number of aromatic nitrogens is 2. The molecule has 1 amide bonds. The van der Waals surface area contributed by atoms with Crippen LogP contribution in [-0.2, 0) is 4.79 Å². The Morgan fingerprint density at radius 1 is 1.24 bits per heavy atom. The first-order valence-corrected chi connectivity index (χ1v) is 6.70. The van der Waals surface area contributed by atoms with Gasteiger partial charge in [0.2, 0.25) is 0 Å². The average molecular weight is 289 g/mol. The lowest BCUT2D eigenvalue weighted by atomic mass is 10.3. The summed E-state index contributed by atoms with van der Waals surface area (Å²) in [5.74, 6) is 1.79. The molecule has 0 aliphatic rings. The molecule has 0 unspecified atom stereocenters. The molecule has 0 spiro atoms. The first-order valence-electron chi connectivity index (χ1n) is 6.70. The normalized spacial score (nSPS) is 10.5. The Labute approximate surface area is 123 Å². The van der Waals surface area contributed by atoms with Gasteiger partial charge in [0, 0.05) is 12.1 Å². The minimum atomic E-state index is -0.229. The van der Waals surface area contributed by atoms with Crippen molar-refractivity contribution in [2.45, 2.75) is 19.9 Å². The molecule has 112 valence electrons. The molecule has 0 fully saturated rings. The average Bonchev–Trinajstić information content (AvgIpc) is 2.94. The summed E-state index contributed by atoms with van der Waals surface area (Å²) in [5.41, 5.74) is 0. The lowest BCUT2D eigenvalue weighted by Crippen LogP contribution is -2.22. The van der Waals surface area contributed by atoms with Crippen LogP contribution in [0.5, 0.6) is 11.5 Å². The quantitative estimate of drug-likeness (QED) is 0.887. The molecule has 6 nitrogen and oxygen atoms in total. The molecule has 6 heteroatoms. The fraction of sp³-hybridized carbons (Fsp3) is 0.333. The summed E-state index contributed by atoms with van der Waals surface area (Å²) in [4.78, 5) is 11.9. The molecule has 0 aliphatic heterocycles. The number of methoxy groups -OCH3 is 1. The predicted molar refractivity (Wildman–Crippen MR) is 79.7 cm³/mol. The van der Waals surface area contributed by atoms with Crippen LogP contribution in [0.25, 0.3) is 0 Å². The van der Waals surface area contributed by atoms with E-state index in [0.29, 0.717) is 11.6 Å². The molecule has 0 saturated carbocycles. The number of nitrogens with one attached hydrogen (secondary N) is 1. The highest BCUT2D eigenvalue weighted by molar-refractivity contribution is 5.91. The maximum atomic E-state index is 11.9. The van der Waals surface area contributed by atoms with E-state index in [1.165, 1.54) is 0 Å². The number of hydrogen-bond donors (Lipinski definition) is 1. The summed E-state index contributed by atoms with van der Waals surface area (Å²) in [6.45, 7) is 3.93. The number of anilines is 1. The second-order valence-corrected chi connectivity index (χ2v) is 4.77. The van der Waals surface area contributed by atoms with E-state index in [2.05, 4.69) is 10.4 Å². The first kappa shape index (κ1) is 14.9. The van der Waals surface area contributed by atoms with E-state index in [1.54, 1.807) is 48.3 Å². The van der Waals surface area contributed by atoms with E-state index in [0.717, 1.165) is 5.75 Å². The maximum absolute atomic E-state index is 11.9. The van der Waals surface area contributed by atoms with Crippen molar-refractivity contribution in [3.63, 3.8) is 0 Å². The van der Waals surface area contributed by atoms with E-state index in [-0.39, 0.29) is 18.6 Å². The minimum absolute atomic E-state index is 0.0599. The molecule has 0 saturated heterocycles. The van der Waals surface area contributed by atoms with Crippen LogP contribution in [0.1, 0.15) is 19.9 Å². The van der Waals surface area contributed by atoms with Gasteiger partial charge in [0.05, 0.1) is 13.3 Å². The van der Waals surface area contributed by atoms with Gasteiger partial charge < -0.3 is 14.8 Å². The van der Waals surface area contributed by atoms with Gasteiger partial charge in [-0.05, 0) is 38.1 Å². The number of benzene rings is 1. The van der Waals surface area contributed by atoms with Crippen LogP contribution in [0, 0.1) is 0 Å². The van der Waals surface area contributed by atoms with Gasteiger partial charge >= 0.3 is 0 Å². The number of rotatable bonds is 6. The minimum Gasteiger partial charge on any atom is -0.497 e. The molecule has 21 heavy (non-hydrogen) atoms. The summed E-state index contributed by atoms with van der Waals surface area (Å²) < 4.78 is 12.2. The summed E-state index contributed by atoms with van der Waals surface area (Å²) in [7, 11) is 1.60.